The maximum absolute atomic E-state index is 10.6. The van der Waals surface area contributed by atoms with Crippen molar-refractivity contribution in [2.75, 3.05) is 25.6 Å². The Hall–Kier alpha value is -1.55. The van der Waals surface area contributed by atoms with Gasteiger partial charge in [0.05, 0.1) is 6.61 Å². The van der Waals surface area contributed by atoms with Crippen LogP contribution in [0.4, 0.5) is 5.69 Å². The summed E-state index contributed by atoms with van der Waals surface area (Å²) in [4.78, 5) is 10.6. The average molecular weight is 251 g/mol. The molecular formula is C14H21NO3. The number of ketones is 1. The Labute approximate surface area is 108 Å². The number of anilines is 1. The molecule has 0 aliphatic rings. The molecule has 1 aromatic rings. The summed E-state index contributed by atoms with van der Waals surface area (Å²) in [6.07, 6.45) is 2.95. The van der Waals surface area contributed by atoms with E-state index in [-0.39, 0.29) is 12.4 Å². The molecule has 4 heteroatoms. The van der Waals surface area contributed by atoms with E-state index in [1.54, 1.807) is 0 Å². The molecule has 0 aliphatic carbocycles. The highest BCUT2D eigenvalue weighted by atomic mass is 16.5. The predicted molar refractivity (Wildman–Crippen MR) is 71.7 cm³/mol. The quantitative estimate of drug-likeness (QED) is 0.541. The summed E-state index contributed by atoms with van der Waals surface area (Å²) in [7, 11) is 0. The molecule has 0 amide bonds. The van der Waals surface area contributed by atoms with Crippen molar-refractivity contribution in [3.05, 3.63) is 24.3 Å². The van der Waals surface area contributed by atoms with E-state index in [9.17, 15) is 4.79 Å². The molecule has 0 saturated heterocycles. The van der Waals surface area contributed by atoms with Gasteiger partial charge in [-0.3, -0.25) is 4.79 Å². The highest BCUT2D eigenvalue weighted by Crippen LogP contribution is 2.14. The van der Waals surface area contributed by atoms with Crippen LogP contribution in [0.5, 0.6) is 5.75 Å². The summed E-state index contributed by atoms with van der Waals surface area (Å²) in [6.45, 7) is 3.06. The molecule has 4 nitrogen and oxygen atoms in total. The number of ether oxygens (including phenoxy) is 2. The van der Waals surface area contributed by atoms with E-state index in [1.807, 2.05) is 24.3 Å². The van der Waals surface area contributed by atoms with Crippen LogP contribution in [0.25, 0.3) is 0 Å². The van der Waals surface area contributed by atoms with Crippen LogP contribution in [0.3, 0.4) is 0 Å². The van der Waals surface area contributed by atoms with Gasteiger partial charge in [-0.1, -0.05) is 6.07 Å². The smallest absolute Gasteiger partial charge is 0.155 e. The van der Waals surface area contributed by atoms with E-state index in [1.165, 1.54) is 6.92 Å². The minimum Gasteiger partial charge on any atom is -0.494 e. The first-order chi connectivity index (χ1) is 8.68. The number of unbranched alkanes of at least 4 members (excludes halogenated alkanes) is 2. The lowest BCUT2D eigenvalue weighted by molar-refractivity contribution is -0.121. The molecule has 0 atom stereocenters. The fraction of sp³-hybridized carbons (Fsp3) is 0.500. The summed E-state index contributed by atoms with van der Waals surface area (Å²) < 4.78 is 10.7. The lowest BCUT2D eigenvalue weighted by Crippen LogP contribution is -2.05. The number of nitrogen functional groups attached to an aromatic ring is 1. The van der Waals surface area contributed by atoms with E-state index in [0.717, 1.165) is 25.0 Å². The van der Waals surface area contributed by atoms with Crippen molar-refractivity contribution in [2.24, 2.45) is 0 Å². The van der Waals surface area contributed by atoms with E-state index < -0.39 is 0 Å². The van der Waals surface area contributed by atoms with Gasteiger partial charge in [-0.15, -0.1) is 0 Å². The van der Waals surface area contributed by atoms with Crippen molar-refractivity contribution < 1.29 is 14.3 Å². The first-order valence-corrected chi connectivity index (χ1v) is 6.24. The molecule has 100 valence electrons. The number of rotatable bonds is 9. The van der Waals surface area contributed by atoms with Crippen LogP contribution < -0.4 is 10.5 Å². The molecule has 18 heavy (non-hydrogen) atoms. The second-order valence-corrected chi connectivity index (χ2v) is 4.24. The third-order valence-corrected chi connectivity index (χ3v) is 2.37. The Balaban J connectivity index is 1.97. The topological polar surface area (TPSA) is 61.5 Å². The minimum absolute atomic E-state index is 0.0694. The first kappa shape index (κ1) is 14.5. The van der Waals surface area contributed by atoms with Gasteiger partial charge in [-0.2, -0.15) is 0 Å². The summed E-state index contributed by atoms with van der Waals surface area (Å²) in [6, 6.07) is 7.42. The predicted octanol–water partition coefficient (Wildman–Crippen LogP) is 2.42. The minimum atomic E-state index is 0.0694. The van der Waals surface area contributed by atoms with Crippen LogP contribution in [0.1, 0.15) is 26.2 Å². The monoisotopic (exact) mass is 251 g/mol. The van der Waals surface area contributed by atoms with Gasteiger partial charge in [-0.05, 0) is 38.3 Å². The Morgan fingerprint density at radius 2 is 2.00 bits per heavy atom. The fourth-order valence-corrected chi connectivity index (χ4v) is 1.49. The summed E-state index contributed by atoms with van der Waals surface area (Å²) in [5, 5.41) is 0. The molecule has 1 rings (SSSR count). The Morgan fingerprint density at radius 1 is 1.22 bits per heavy atom. The zero-order chi connectivity index (χ0) is 13.2. The second kappa shape index (κ2) is 8.53. The lowest BCUT2D eigenvalue weighted by atomic mass is 10.2. The van der Waals surface area contributed by atoms with Crippen LogP contribution >= 0.6 is 0 Å². The molecule has 0 unspecified atom stereocenters. The Kier molecular flexibility index (Phi) is 6.87. The van der Waals surface area contributed by atoms with Gasteiger partial charge in [0.15, 0.2) is 5.78 Å². The highest BCUT2D eigenvalue weighted by Gasteiger charge is 1.96. The van der Waals surface area contributed by atoms with Crippen molar-refractivity contribution in [3.63, 3.8) is 0 Å². The fourth-order valence-electron chi connectivity index (χ4n) is 1.49. The number of hydrogen-bond acceptors (Lipinski definition) is 4. The van der Waals surface area contributed by atoms with Crippen LogP contribution in [0.15, 0.2) is 24.3 Å². The Morgan fingerprint density at radius 3 is 2.72 bits per heavy atom. The third-order valence-electron chi connectivity index (χ3n) is 2.37. The van der Waals surface area contributed by atoms with Crippen LogP contribution in [-0.2, 0) is 9.53 Å². The van der Waals surface area contributed by atoms with Gasteiger partial charge in [-0.25, -0.2) is 0 Å². The van der Waals surface area contributed by atoms with E-state index in [2.05, 4.69) is 0 Å². The summed E-state index contributed by atoms with van der Waals surface area (Å²) in [5.74, 6) is 0.878. The first-order valence-electron chi connectivity index (χ1n) is 6.24. The lowest BCUT2D eigenvalue weighted by Gasteiger charge is -2.06. The van der Waals surface area contributed by atoms with Gasteiger partial charge in [0.1, 0.15) is 12.4 Å². The third kappa shape index (κ3) is 6.91. The van der Waals surface area contributed by atoms with E-state index >= 15 is 0 Å². The van der Waals surface area contributed by atoms with Gasteiger partial charge in [0.2, 0.25) is 0 Å². The number of hydrogen-bond donors (Lipinski definition) is 1. The summed E-state index contributed by atoms with van der Waals surface area (Å²) >= 11 is 0. The second-order valence-electron chi connectivity index (χ2n) is 4.24. The molecular weight excluding hydrogens is 230 g/mol. The van der Waals surface area contributed by atoms with Gasteiger partial charge in [0.25, 0.3) is 0 Å². The molecule has 0 heterocycles. The highest BCUT2D eigenvalue weighted by molar-refractivity contribution is 5.76. The van der Waals surface area contributed by atoms with Gasteiger partial charge < -0.3 is 15.2 Å². The number of carbonyl (C=O) groups excluding carboxylic acids is 1. The zero-order valence-electron chi connectivity index (χ0n) is 10.9. The molecule has 1 aromatic carbocycles. The Bertz CT molecular complexity index is 366. The molecule has 2 N–H and O–H groups in total. The SMILES string of the molecule is CC(=O)COCCCCCOc1cccc(N)c1. The van der Waals surface area contributed by atoms with E-state index in [0.29, 0.717) is 18.9 Å². The zero-order valence-corrected chi connectivity index (χ0v) is 10.9. The van der Waals surface area contributed by atoms with Crippen LogP contribution in [0.2, 0.25) is 0 Å². The molecule has 0 aliphatic heterocycles. The van der Waals surface area contributed by atoms with Gasteiger partial charge >= 0.3 is 0 Å². The molecule has 0 bridgehead atoms. The number of benzene rings is 1. The number of carbonyl (C=O) groups is 1. The van der Waals surface area contributed by atoms with Crippen molar-refractivity contribution in [2.45, 2.75) is 26.2 Å². The maximum atomic E-state index is 10.6. The van der Waals surface area contributed by atoms with E-state index in [4.69, 9.17) is 15.2 Å². The normalized spacial score (nSPS) is 10.3. The van der Waals surface area contributed by atoms with Gasteiger partial charge in [0, 0.05) is 18.4 Å². The number of nitrogens with two attached hydrogens (primary N) is 1. The van der Waals surface area contributed by atoms with Crippen molar-refractivity contribution in [3.8, 4) is 5.75 Å². The molecule has 0 saturated carbocycles. The maximum Gasteiger partial charge on any atom is 0.155 e. The summed E-state index contributed by atoms with van der Waals surface area (Å²) in [5.41, 5.74) is 6.36. The largest absolute Gasteiger partial charge is 0.494 e. The van der Waals surface area contributed by atoms with Crippen molar-refractivity contribution in [1.29, 1.82) is 0 Å². The standard InChI is InChI=1S/C14H21NO3/c1-12(16)11-17-8-3-2-4-9-18-14-7-5-6-13(15)10-14/h5-7,10H,2-4,8-9,11,15H2,1H3. The van der Waals surface area contributed by atoms with Crippen molar-refractivity contribution >= 4 is 11.5 Å². The van der Waals surface area contributed by atoms with Crippen molar-refractivity contribution in [1.82, 2.24) is 0 Å². The number of Topliss-reactive ketones (excluding diaryl/α,β-unsaturated/α-hetero) is 1. The van der Waals surface area contributed by atoms with Crippen LogP contribution in [-0.4, -0.2) is 25.6 Å². The molecule has 0 spiro atoms. The molecule has 0 fully saturated rings. The average Bonchev–Trinajstić information content (AvgIpc) is 2.32. The molecule has 0 aromatic heterocycles. The van der Waals surface area contributed by atoms with Crippen LogP contribution in [0, 0.1) is 0 Å². The molecule has 0 radical (unpaired) electrons.